The molecule has 7 heteroatoms. The van der Waals surface area contributed by atoms with Gasteiger partial charge in [0.15, 0.2) is 0 Å². The second kappa shape index (κ2) is 12.2. The van der Waals surface area contributed by atoms with Crippen molar-refractivity contribution in [2.24, 2.45) is 4.99 Å². The number of ether oxygens (including phenoxy) is 1. The lowest BCUT2D eigenvalue weighted by Crippen LogP contribution is -3.11. The second-order valence-electron chi connectivity index (χ2n) is 6.15. The van der Waals surface area contributed by atoms with Gasteiger partial charge in [-0.2, -0.15) is 0 Å². The van der Waals surface area contributed by atoms with Crippen molar-refractivity contribution >= 4 is 35.1 Å². The van der Waals surface area contributed by atoms with Crippen LogP contribution in [0, 0.1) is 0 Å². The Morgan fingerprint density at radius 2 is 1.92 bits per heavy atom. The molecule has 0 unspecified atom stereocenters. The van der Waals surface area contributed by atoms with Gasteiger partial charge in [0.2, 0.25) is 0 Å². The zero-order valence-corrected chi connectivity index (χ0v) is 17.6. The minimum Gasteiger partial charge on any atom is -0.465 e. The molecule has 0 saturated carbocycles. The van der Waals surface area contributed by atoms with E-state index in [0.29, 0.717) is 22.2 Å². The first-order chi connectivity index (χ1) is 12.4. The van der Waals surface area contributed by atoms with Gasteiger partial charge in [-0.3, -0.25) is 10.1 Å². The highest BCUT2D eigenvalue weighted by Crippen LogP contribution is 2.22. The van der Waals surface area contributed by atoms with Gasteiger partial charge in [0.1, 0.15) is 0 Å². The van der Waals surface area contributed by atoms with Crippen LogP contribution in [0.4, 0.5) is 0 Å². The fraction of sp³-hybridized carbons (Fsp3) is 0.579. The molecule has 0 saturated heterocycles. The van der Waals surface area contributed by atoms with Crippen LogP contribution in [0.1, 0.15) is 50.9 Å². The molecule has 146 valence electrons. The Morgan fingerprint density at radius 3 is 2.50 bits per heavy atom. The predicted molar refractivity (Wildman–Crippen MR) is 109 cm³/mol. The van der Waals surface area contributed by atoms with Crippen molar-refractivity contribution in [1.29, 1.82) is 0 Å². The zero-order valence-electron chi connectivity index (χ0n) is 16.1. The highest BCUT2D eigenvalue weighted by Gasteiger charge is 2.13. The number of amides is 1. The SMILES string of the molecule is CCOC(=N[C@H](C)CCC[NH+](CC)CC)NC(=O)c1ccc(Cl)c(Cl)c1. The molecule has 0 aliphatic rings. The number of hydrogen-bond donors (Lipinski definition) is 2. The molecular formula is C19H30Cl2N3O2+. The second-order valence-corrected chi connectivity index (χ2v) is 6.96. The lowest BCUT2D eigenvalue weighted by atomic mass is 10.2. The van der Waals surface area contributed by atoms with Crippen LogP contribution >= 0.6 is 23.2 Å². The van der Waals surface area contributed by atoms with Crippen molar-refractivity contribution < 1.29 is 14.4 Å². The maximum absolute atomic E-state index is 12.4. The number of aliphatic imine (C=N–C) groups is 1. The van der Waals surface area contributed by atoms with E-state index in [1.54, 1.807) is 17.0 Å². The molecule has 2 N–H and O–H groups in total. The van der Waals surface area contributed by atoms with Crippen LogP contribution in [0.5, 0.6) is 0 Å². The first-order valence-electron chi connectivity index (χ1n) is 9.21. The van der Waals surface area contributed by atoms with E-state index in [1.165, 1.54) is 6.07 Å². The molecule has 1 rings (SSSR count). The van der Waals surface area contributed by atoms with E-state index >= 15 is 0 Å². The average Bonchev–Trinajstić information content (AvgIpc) is 2.61. The topological polar surface area (TPSA) is 55.1 Å². The van der Waals surface area contributed by atoms with Gasteiger partial charge in [0.25, 0.3) is 11.9 Å². The van der Waals surface area contributed by atoms with Gasteiger partial charge in [-0.05, 0) is 58.7 Å². The van der Waals surface area contributed by atoms with E-state index < -0.39 is 0 Å². The predicted octanol–water partition coefficient (Wildman–Crippen LogP) is 3.21. The van der Waals surface area contributed by atoms with Crippen molar-refractivity contribution in [2.75, 3.05) is 26.2 Å². The normalized spacial score (nSPS) is 13.0. The number of benzene rings is 1. The molecule has 0 radical (unpaired) electrons. The average molecular weight is 403 g/mol. The Morgan fingerprint density at radius 1 is 1.23 bits per heavy atom. The summed E-state index contributed by atoms with van der Waals surface area (Å²) in [6, 6.07) is 5.05. The molecule has 0 aliphatic heterocycles. The molecule has 0 bridgehead atoms. The van der Waals surface area contributed by atoms with Gasteiger partial charge < -0.3 is 9.64 Å². The maximum Gasteiger partial charge on any atom is 0.291 e. The largest absolute Gasteiger partial charge is 0.465 e. The number of nitrogens with one attached hydrogen (secondary N) is 2. The summed E-state index contributed by atoms with van der Waals surface area (Å²) >= 11 is 11.9. The van der Waals surface area contributed by atoms with Crippen LogP contribution in [0.3, 0.4) is 0 Å². The van der Waals surface area contributed by atoms with Gasteiger partial charge in [0.05, 0.1) is 42.3 Å². The summed E-state index contributed by atoms with van der Waals surface area (Å²) in [6.45, 7) is 12.1. The van der Waals surface area contributed by atoms with Gasteiger partial charge in [-0.25, -0.2) is 4.99 Å². The quantitative estimate of drug-likeness (QED) is 0.492. The molecular weight excluding hydrogens is 373 g/mol. The summed E-state index contributed by atoms with van der Waals surface area (Å²) in [5.41, 5.74) is 0.407. The molecule has 1 aromatic rings. The van der Waals surface area contributed by atoms with Gasteiger partial charge in [-0.15, -0.1) is 0 Å². The summed E-state index contributed by atoms with van der Waals surface area (Å²) in [4.78, 5) is 18.5. The molecule has 1 amide bonds. The zero-order chi connectivity index (χ0) is 19.5. The molecule has 0 aromatic heterocycles. The van der Waals surface area contributed by atoms with Gasteiger partial charge in [0, 0.05) is 5.56 Å². The van der Waals surface area contributed by atoms with Crippen molar-refractivity contribution in [3.8, 4) is 0 Å². The molecule has 0 spiro atoms. The summed E-state index contributed by atoms with van der Waals surface area (Å²) in [5.74, 6) is -0.324. The maximum atomic E-state index is 12.4. The highest BCUT2D eigenvalue weighted by molar-refractivity contribution is 6.42. The summed E-state index contributed by atoms with van der Waals surface area (Å²) in [5, 5.41) is 3.46. The summed E-state index contributed by atoms with van der Waals surface area (Å²) in [6.07, 6.45) is 2.03. The third-order valence-corrected chi connectivity index (χ3v) is 4.91. The fourth-order valence-corrected chi connectivity index (χ4v) is 2.86. The van der Waals surface area contributed by atoms with E-state index in [4.69, 9.17) is 27.9 Å². The number of rotatable bonds is 9. The minimum atomic E-state index is -0.324. The van der Waals surface area contributed by atoms with Crippen molar-refractivity contribution in [3.05, 3.63) is 33.8 Å². The van der Waals surface area contributed by atoms with Crippen molar-refractivity contribution in [3.63, 3.8) is 0 Å². The van der Waals surface area contributed by atoms with Crippen LogP contribution < -0.4 is 10.2 Å². The van der Waals surface area contributed by atoms with Crippen LogP contribution in [0.2, 0.25) is 10.0 Å². The number of carbonyl (C=O) groups is 1. The Labute approximate surface area is 166 Å². The van der Waals surface area contributed by atoms with Crippen molar-refractivity contribution in [2.45, 2.75) is 46.6 Å². The molecule has 0 fully saturated rings. The van der Waals surface area contributed by atoms with Crippen LogP contribution in [-0.2, 0) is 4.74 Å². The molecule has 0 aliphatic carbocycles. The standard InChI is InChI=1S/C19H29Cl2N3O2/c1-5-24(6-2)12-8-9-14(4)22-19(26-7-3)23-18(25)15-10-11-16(20)17(21)13-15/h10-11,13-14H,5-9,12H2,1-4H3,(H,22,23,25)/p+1/t14-/m1/s1. The van der Waals surface area contributed by atoms with E-state index in [2.05, 4.69) is 24.2 Å². The number of amidine groups is 1. The molecule has 5 nitrogen and oxygen atoms in total. The number of hydrogen-bond acceptors (Lipinski definition) is 3. The monoisotopic (exact) mass is 402 g/mol. The number of quaternary nitrogens is 1. The minimum absolute atomic E-state index is 0.0700. The lowest BCUT2D eigenvalue weighted by Gasteiger charge is -2.16. The van der Waals surface area contributed by atoms with E-state index in [-0.39, 0.29) is 18.0 Å². The van der Waals surface area contributed by atoms with Gasteiger partial charge in [-0.1, -0.05) is 23.2 Å². The number of nitrogens with zero attached hydrogens (tertiary/aromatic N) is 1. The third kappa shape index (κ3) is 7.94. The molecule has 26 heavy (non-hydrogen) atoms. The number of carbonyl (C=O) groups excluding carboxylic acids is 1. The Kier molecular flexibility index (Phi) is 10.6. The molecule has 1 aromatic carbocycles. The van der Waals surface area contributed by atoms with E-state index in [0.717, 1.165) is 32.5 Å². The van der Waals surface area contributed by atoms with Gasteiger partial charge >= 0.3 is 0 Å². The fourth-order valence-electron chi connectivity index (χ4n) is 2.56. The highest BCUT2D eigenvalue weighted by atomic mass is 35.5. The van der Waals surface area contributed by atoms with Crippen LogP contribution in [0.15, 0.2) is 23.2 Å². The van der Waals surface area contributed by atoms with Crippen LogP contribution in [-0.4, -0.2) is 44.2 Å². The lowest BCUT2D eigenvalue weighted by molar-refractivity contribution is -0.896. The van der Waals surface area contributed by atoms with E-state index in [9.17, 15) is 4.79 Å². The first-order valence-corrected chi connectivity index (χ1v) is 9.97. The Balaban J connectivity index is 2.66. The van der Waals surface area contributed by atoms with E-state index in [1.807, 2.05) is 13.8 Å². The van der Waals surface area contributed by atoms with Crippen LogP contribution in [0.25, 0.3) is 0 Å². The summed E-state index contributed by atoms with van der Waals surface area (Å²) < 4.78 is 5.48. The Bertz CT molecular complexity index is 604. The first kappa shape index (κ1) is 22.7. The molecule has 0 heterocycles. The third-order valence-electron chi connectivity index (χ3n) is 4.17. The Hall–Kier alpha value is -1.30. The van der Waals surface area contributed by atoms with Crippen molar-refractivity contribution in [1.82, 2.24) is 5.32 Å². The summed E-state index contributed by atoms with van der Waals surface area (Å²) in [7, 11) is 0. The smallest absolute Gasteiger partial charge is 0.291 e. The number of halogens is 2. The molecule has 1 atom stereocenters.